The molecule has 1 atom stereocenters. The molecule has 0 unspecified atom stereocenters. The first-order valence-corrected chi connectivity index (χ1v) is 9.30. The lowest BCUT2D eigenvalue weighted by atomic mass is 10.1. The van der Waals surface area contributed by atoms with Gasteiger partial charge in [0.1, 0.15) is 11.9 Å². The van der Waals surface area contributed by atoms with Crippen molar-refractivity contribution in [2.24, 2.45) is 0 Å². The Morgan fingerprint density at radius 2 is 2.00 bits per heavy atom. The van der Waals surface area contributed by atoms with Crippen molar-refractivity contribution in [3.8, 4) is 28.7 Å². The van der Waals surface area contributed by atoms with Crippen molar-refractivity contribution in [1.82, 2.24) is 25.1 Å². The molecular formula is C21H19N5O3. The minimum absolute atomic E-state index is 0.0599. The zero-order chi connectivity index (χ0) is 19.8. The van der Waals surface area contributed by atoms with Crippen LogP contribution in [-0.2, 0) is 17.9 Å². The van der Waals surface area contributed by atoms with Crippen molar-refractivity contribution in [2.45, 2.75) is 26.2 Å². The Kier molecular flexibility index (Phi) is 4.33. The molecule has 1 aliphatic rings. The monoisotopic (exact) mass is 389 g/mol. The van der Waals surface area contributed by atoms with Crippen LogP contribution in [0.1, 0.15) is 22.9 Å². The molecule has 8 nitrogen and oxygen atoms in total. The Morgan fingerprint density at radius 1 is 1.14 bits per heavy atom. The summed E-state index contributed by atoms with van der Waals surface area (Å²) in [6, 6.07) is 15.8. The van der Waals surface area contributed by atoms with Crippen LogP contribution in [0.15, 0.2) is 53.1 Å². The highest BCUT2D eigenvalue weighted by atomic mass is 16.5. The van der Waals surface area contributed by atoms with Crippen LogP contribution in [-0.4, -0.2) is 32.2 Å². The fourth-order valence-corrected chi connectivity index (χ4v) is 3.36. The Labute approximate surface area is 167 Å². The molecule has 0 bridgehead atoms. The summed E-state index contributed by atoms with van der Waals surface area (Å²) in [5.41, 5.74) is 4.53. The second-order valence-electron chi connectivity index (χ2n) is 6.93. The minimum Gasteiger partial charge on any atom is -0.497 e. The molecule has 0 saturated heterocycles. The molecule has 0 amide bonds. The molecule has 0 radical (unpaired) electrons. The molecule has 0 aliphatic carbocycles. The number of nitrogens with zero attached hydrogens (tertiary/aromatic N) is 5. The number of hydrogen-bond donors (Lipinski definition) is 0. The Hall–Kier alpha value is -3.52. The van der Waals surface area contributed by atoms with Gasteiger partial charge in [-0.25, -0.2) is 4.68 Å². The highest BCUT2D eigenvalue weighted by Gasteiger charge is 2.27. The first-order valence-electron chi connectivity index (χ1n) is 9.30. The summed E-state index contributed by atoms with van der Waals surface area (Å²) in [6.45, 7) is 3.04. The van der Waals surface area contributed by atoms with Crippen LogP contribution in [0, 0.1) is 6.92 Å². The van der Waals surface area contributed by atoms with E-state index in [2.05, 4.69) is 51.6 Å². The number of ether oxygens (including phenoxy) is 2. The summed E-state index contributed by atoms with van der Waals surface area (Å²) in [7, 11) is 1.62. The third-order valence-corrected chi connectivity index (χ3v) is 5.00. The van der Waals surface area contributed by atoms with Crippen molar-refractivity contribution in [3.63, 3.8) is 0 Å². The normalized spacial score (nSPS) is 15.9. The third-order valence-electron chi connectivity index (χ3n) is 5.00. The van der Waals surface area contributed by atoms with Gasteiger partial charge in [-0.2, -0.15) is 4.98 Å². The molecule has 4 aromatic rings. The van der Waals surface area contributed by atoms with Gasteiger partial charge in [0.2, 0.25) is 5.82 Å². The summed E-state index contributed by atoms with van der Waals surface area (Å²) in [5.74, 6) is 1.51. The van der Waals surface area contributed by atoms with E-state index in [0.29, 0.717) is 30.6 Å². The van der Waals surface area contributed by atoms with E-state index in [9.17, 15) is 0 Å². The maximum absolute atomic E-state index is 6.07. The van der Waals surface area contributed by atoms with Crippen molar-refractivity contribution in [3.05, 3.63) is 65.4 Å². The highest BCUT2D eigenvalue weighted by molar-refractivity contribution is 5.60. The molecule has 1 aliphatic heterocycles. The molecule has 3 heterocycles. The van der Waals surface area contributed by atoms with Gasteiger partial charge in [-0.05, 0) is 30.7 Å². The van der Waals surface area contributed by atoms with Crippen LogP contribution in [0.3, 0.4) is 0 Å². The van der Waals surface area contributed by atoms with Crippen molar-refractivity contribution < 1.29 is 14.0 Å². The van der Waals surface area contributed by atoms with E-state index >= 15 is 0 Å². The number of aromatic nitrogens is 5. The largest absolute Gasteiger partial charge is 0.497 e. The lowest BCUT2D eigenvalue weighted by Gasteiger charge is -2.24. The molecule has 8 heteroatoms. The van der Waals surface area contributed by atoms with Gasteiger partial charge in [-0.15, -0.1) is 5.10 Å². The predicted octanol–water partition coefficient (Wildman–Crippen LogP) is 3.58. The molecular weight excluding hydrogens is 370 g/mol. The van der Waals surface area contributed by atoms with Crippen molar-refractivity contribution in [1.29, 1.82) is 0 Å². The van der Waals surface area contributed by atoms with E-state index < -0.39 is 0 Å². The van der Waals surface area contributed by atoms with Gasteiger partial charge >= 0.3 is 0 Å². The van der Waals surface area contributed by atoms with Gasteiger partial charge < -0.3 is 14.0 Å². The van der Waals surface area contributed by atoms with E-state index in [1.165, 1.54) is 5.56 Å². The number of aryl methyl sites for hydroxylation is 1. The SMILES string of the molecule is COc1cccc(-c2nc(-c3nnn4c3CO[C@@H](c3ccc(C)cc3)C4)no2)c1. The Balaban J connectivity index is 1.40. The number of methoxy groups -OCH3 is 1. The number of hydrogen-bond acceptors (Lipinski definition) is 7. The zero-order valence-electron chi connectivity index (χ0n) is 16.1. The number of benzene rings is 2. The van der Waals surface area contributed by atoms with Crippen LogP contribution < -0.4 is 4.74 Å². The topological polar surface area (TPSA) is 88.1 Å². The summed E-state index contributed by atoms with van der Waals surface area (Å²) >= 11 is 0. The lowest BCUT2D eigenvalue weighted by Crippen LogP contribution is -2.22. The van der Waals surface area contributed by atoms with Crippen molar-refractivity contribution in [2.75, 3.05) is 7.11 Å². The average Bonchev–Trinajstić information content (AvgIpc) is 3.41. The standard InChI is InChI=1S/C21H19N5O3/c1-13-6-8-14(9-7-13)18-11-26-17(12-28-18)19(23-25-26)20-22-21(29-24-20)15-4-3-5-16(10-15)27-2/h3-10,18H,11-12H2,1-2H3/t18-/m1/s1. The molecule has 2 aromatic carbocycles. The third kappa shape index (κ3) is 3.27. The maximum Gasteiger partial charge on any atom is 0.258 e. The Morgan fingerprint density at radius 3 is 2.83 bits per heavy atom. The van der Waals surface area contributed by atoms with Gasteiger partial charge in [0.05, 0.1) is 26.0 Å². The van der Waals surface area contributed by atoms with Gasteiger partial charge in [0, 0.05) is 5.56 Å². The second-order valence-corrected chi connectivity index (χ2v) is 6.93. The zero-order valence-corrected chi connectivity index (χ0v) is 16.1. The molecule has 0 saturated carbocycles. The average molecular weight is 389 g/mol. The first-order chi connectivity index (χ1) is 14.2. The summed E-state index contributed by atoms with van der Waals surface area (Å²) in [6.07, 6.45) is -0.0599. The van der Waals surface area contributed by atoms with Gasteiger partial charge in [0.25, 0.3) is 5.89 Å². The van der Waals surface area contributed by atoms with Gasteiger partial charge in [-0.3, -0.25) is 0 Å². The summed E-state index contributed by atoms with van der Waals surface area (Å²) in [5, 5.41) is 12.6. The fourth-order valence-electron chi connectivity index (χ4n) is 3.36. The van der Waals surface area contributed by atoms with Gasteiger partial charge in [0.15, 0.2) is 5.69 Å². The molecule has 0 fully saturated rings. The van der Waals surface area contributed by atoms with Crippen LogP contribution >= 0.6 is 0 Å². The second kappa shape index (κ2) is 7.14. The van der Waals surface area contributed by atoms with E-state index in [1.807, 2.05) is 28.9 Å². The van der Waals surface area contributed by atoms with Gasteiger partial charge in [-0.1, -0.05) is 46.3 Å². The van der Waals surface area contributed by atoms with E-state index in [4.69, 9.17) is 14.0 Å². The highest BCUT2D eigenvalue weighted by Crippen LogP contribution is 2.31. The van der Waals surface area contributed by atoms with Crippen LogP contribution in [0.2, 0.25) is 0 Å². The first kappa shape index (κ1) is 17.6. The van der Waals surface area contributed by atoms with E-state index in [0.717, 1.165) is 22.6 Å². The van der Waals surface area contributed by atoms with E-state index in [1.54, 1.807) is 7.11 Å². The molecule has 0 N–H and O–H groups in total. The van der Waals surface area contributed by atoms with Crippen LogP contribution in [0.4, 0.5) is 0 Å². The van der Waals surface area contributed by atoms with E-state index in [-0.39, 0.29) is 6.10 Å². The number of rotatable bonds is 4. The molecule has 2 aromatic heterocycles. The lowest BCUT2D eigenvalue weighted by molar-refractivity contribution is -0.00112. The molecule has 5 rings (SSSR count). The van der Waals surface area contributed by atoms with Crippen LogP contribution in [0.25, 0.3) is 23.0 Å². The molecule has 146 valence electrons. The minimum atomic E-state index is -0.0599. The van der Waals surface area contributed by atoms with Crippen molar-refractivity contribution >= 4 is 0 Å². The quantitative estimate of drug-likeness (QED) is 0.527. The summed E-state index contributed by atoms with van der Waals surface area (Å²) in [4.78, 5) is 4.49. The maximum atomic E-state index is 6.07. The summed E-state index contributed by atoms with van der Waals surface area (Å²) < 4.78 is 18.6. The Bertz CT molecular complexity index is 1150. The number of fused-ring (bicyclic) bond motifs is 1. The fraction of sp³-hybridized carbons (Fsp3) is 0.238. The molecule has 0 spiro atoms. The van der Waals surface area contributed by atoms with Crippen LogP contribution in [0.5, 0.6) is 5.75 Å². The smallest absolute Gasteiger partial charge is 0.258 e. The molecule has 29 heavy (non-hydrogen) atoms. The predicted molar refractivity (Wildman–Crippen MR) is 104 cm³/mol.